The lowest BCUT2D eigenvalue weighted by Crippen LogP contribution is -2.29. The van der Waals surface area contributed by atoms with Gasteiger partial charge in [0.25, 0.3) is 0 Å². The second kappa shape index (κ2) is 7.42. The summed E-state index contributed by atoms with van der Waals surface area (Å²) in [6.07, 6.45) is 0. The first-order valence-electron chi connectivity index (χ1n) is 8.15. The third-order valence-corrected chi connectivity index (χ3v) is 3.41. The van der Waals surface area contributed by atoms with E-state index >= 15 is 0 Å². The van der Waals surface area contributed by atoms with E-state index in [1.165, 1.54) is 4.80 Å². The average Bonchev–Trinajstić information content (AvgIpc) is 3.02. The minimum Gasteiger partial charge on any atom is -0.330 e. The van der Waals surface area contributed by atoms with Crippen LogP contribution >= 0.6 is 0 Å². The first-order chi connectivity index (χ1) is 11.7. The summed E-state index contributed by atoms with van der Waals surface area (Å²) < 4.78 is 0. The fourth-order valence-electron chi connectivity index (χ4n) is 1.98. The summed E-state index contributed by atoms with van der Waals surface area (Å²) in [5.74, 6) is 0.447. The Labute approximate surface area is 147 Å². The third-order valence-electron chi connectivity index (χ3n) is 3.41. The van der Waals surface area contributed by atoms with Gasteiger partial charge < -0.3 is 10.6 Å². The zero-order valence-corrected chi connectivity index (χ0v) is 15.2. The Morgan fingerprint density at radius 3 is 2.32 bits per heavy atom. The van der Waals surface area contributed by atoms with Crippen LogP contribution in [0.2, 0.25) is 0 Å². The van der Waals surface area contributed by atoms with Crippen LogP contribution in [0.25, 0.3) is 0 Å². The molecule has 8 heteroatoms. The second-order valence-corrected chi connectivity index (χ2v) is 7.07. The van der Waals surface area contributed by atoms with Crippen molar-refractivity contribution < 1.29 is 9.59 Å². The molecule has 2 aromatic rings. The van der Waals surface area contributed by atoms with Gasteiger partial charge in [0.15, 0.2) is 11.6 Å². The summed E-state index contributed by atoms with van der Waals surface area (Å²) in [4.78, 5) is 25.3. The molecule has 2 N–H and O–H groups in total. The van der Waals surface area contributed by atoms with Crippen LogP contribution < -0.4 is 10.6 Å². The topological polar surface area (TPSA) is 102 Å². The van der Waals surface area contributed by atoms with Crippen molar-refractivity contribution in [2.24, 2.45) is 5.92 Å². The van der Waals surface area contributed by atoms with Gasteiger partial charge in [-0.05, 0) is 50.3 Å². The van der Waals surface area contributed by atoms with Gasteiger partial charge in [-0.2, -0.15) is 4.80 Å². The summed E-state index contributed by atoms with van der Waals surface area (Å²) in [5, 5.41) is 17.5. The van der Waals surface area contributed by atoms with Gasteiger partial charge in [-0.1, -0.05) is 13.8 Å². The molecule has 2 rings (SSSR count). The van der Waals surface area contributed by atoms with Gasteiger partial charge in [0.05, 0.1) is 12.1 Å². The number of ketones is 1. The number of nitrogens with one attached hydrogen (secondary N) is 2. The number of rotatable bonds is 5. The molecule has 2 amide bonds. The smallest absolute Gasteiger partial charge is 0.319 e. The van der Waals surface area contributed by atoms with E-state index in [0.29, 0.717) is 17.1 Å². The highest BCUT2D eigenvalue weighted by molar-refractivity contribution is 5.98. The lowest BCUT2D eigenvalue weighted by atomic mass is 10.0. The van der Waals surface area contributed by atoms with Crippen LogP contribution in [0, 0.1) is 5.92 Å². The first kappa shape index (κ1) is 18.6. The van der Waals surface area contributed by atoms with Crippen LogP contribution in [0.3, 0.4) is 0 Å². The maximum Gasteiger partial charge on any atom is 0.319 e. The number of hydrogen-bond acceptors (Lipinski definition) is 5. The molecule has 0 radical (unpaired) electrons. The highest BCUT2D eigenvalue weighted by Gasteiger charge is 2.17. The van der Waals surface area contributed by atoms with Crippen molar-refractivity contribution >= 4 is 17.5 Å². The van der Waals surface area contributed by atoms with Crippen LogP contribution in [-0.2, 0) is 12.1 Å². The lowest BCUT2D eigenvalue weighted by Gasteiger charge is -2.15. The fourth-order valence-corrected chi connectivity index (χ4v) is 1.98. The number of carbonyl (C=O) groups excluding carboxylic acids is 2. The van der Waals surface area contributed by atoms with E-state index in [4.69, 9.17) is 0 Å². The number of carbonyl (C=O) groups is 2. The molecule has 0 bridgehead atoms. The van der Waals surface area contributed by atoms with Crippen LogP contribution in [0.4, 0.5) is 10.5 Å². The molecular formula is C17H24N6O2. The van der Waals surface area contributed by atoms with Crippen molar-refractivity contribution in [3.8, 4) is 0 Å². The molecule has 0 fully saturated rings. The minimum atomic E-state index is -0.380. The zero-order chi connectivity index (χ0) is 18.6. The first-order valence-corrected chi connectivity index (χ1v) is 8.15. The van der Waals surface area contributed by atoms with Gasteiger partial charge in [-0.25, -0.2) is 4.79 Å². The van der Waals surface area contributed by atoms with Crippen molar-refractivity contribution in [1.29, 1.82) is 0 Å². The standard InChI is InChI=1S/C17H24N6O2/c1-11(2)15(24)12-6-8-13(9-7-12)19-16(25)18-10-14-20-22-23(21-14)17(3,4)5/h6-9,11H,10H2,1-5H3,(H2,18,19,25). The molecule has 0 unspecified atom stereocenters. The molecule has 0 saturated heterocycles. The van der Waals surface area contributed by atoms with Crippen molar-refractivity contribution in [3.05, 3.63) is 35.7 Å². The van der Waals surface area contributed by atoms with Crippen molar-refractivity contribution in [2.75, 3.05) is 5.32 Å². The predicted molar refractivity (Wildman–Crippen MR) is 94.3 cm³/mol. The number of nitrogens with zero attached hydrogens (tertiary/aromatic N) is 4. The number of benzene rings is 1. The Morgan fingerprint density at radius 1 is 1.16 bits per heavy atom. The highest BCUT2D eigenvalue weighted by atomic mass is 16.2. The Balaban J connectivity index is 1.88. The van der Waals surface area contributed by atoms with E-state index in [0.717, 1.165) is 0 Å². The summed E-state index contributed by atoms with van der Waals surface area (Å²) >= 11 is 0. The Bertz CT molecular complexity index is 743. The molecule has 0 saturated carbocycles. The quantitative estimate of drug-likeness (QED) is 0.812. The Hall–Kier alpha value is -2.77. The zero-order valence-electron chi connectivity index (χ0n) is 15.2. The van der Waals surface area contributed by atoms with Crippen LogP contribution in [-0.4, -0.2) is 32.0 Å². The van der Waals surface area contributed by atoms with E-state index in [1.54, 1.807) is 24.3 Å². The van der Waals surface area contributed by atoms with Gasteiger partial charge in [-0.15, -0.1) is 10.2 Å². The largest absolute Gasteiger partial charge is 0.330 e. The van der Waals surface area contributed by atoms with Crippen molar-refractivity contribution in [3.63, 3.8) is 0 Å². The van der Waals surface area contributed by atoms with Gasteiger partial charge in [0, 0.05) is 17.2 Å². The van der Waals surface area contributed by atoms with E-state index < -0.39 is 0 Å². The molecule has 0 aliphatic rings. The predicted octanol–water partition coefficient (Wildman–Crippen LogP) is 2.59. The van der Waals surface area contributed by atoms with Crippen molar-refractivity contribution in [1.82, 2.24) is 25.5 Å². The number of hydrogen-bond donors (Lipinski definition) is 2. The normalized spacial score (nSPS) is 11.4. The number of anilines is 1. The maximum absolute atomic E-state index is 11.9. The molecule has 0 spiro atoms. The molecule has 0 atom stereocenters. The summed E-state index contributed by atoms with van der Waals surface area (Å²) in [6, 6.07) is 6.42. The molecule has 0 aliphatic heterocycles. The van der Waals surface area contributed by atoms with Gasteiger partial charge in [-0.3, -0.25) is 4.79 Å². The molecule has 1 aromatic heterocycles. The molecule has 134 valence electrons. The lowest BCUT2D eigenvalue weighted by molar-refractivity contribution is 0.0939. The van der Waals surface area contributed by atoms with Gasteiger partial charge in [0.1, 0.15) is 0 Å². The van der Waals surface area contributed by atoms with E-state index in [1.807, 2.05) is 34.6 Å². The highest BCUT2D eigenvalue weighted by Crippen LogP contribution is 2.13. The Kier molecular flexibility index (Phi) is 5.51. The van der Waals surface area contributed by atoms with Gasteiger partial charge in [0.2, 0.25) is 0 Å². The number of Topliss-reactive ketones (excluding diaryl/α,β-unsaturated/α-hetero) is 1. The molecule has 0 aliphatic carbocycles. The summed E-state index contributed by atoms with van der Waals surface area (Å²) in [7, 11) is 0. The monoisotopic (exact) mass is 344 g/mol. The molecule has 8 nitrogen and oxygen atoms in total. The van der Waals surface area contributed by atoms with Gasteiger partial charge >= 0.3 is 6.03 Å². The molecule has 1 heterocycles. The number of aromatic nitrogens is 4. The number of tetrazole rings is 1. The van der Waals surface area contributed by atoms with E-state index in [9.17, 15) is 9.59 Å². The van der Waals surface area contributed by atoms with E-state index in [-0.39, 0.29) is 29.8 Å². The van der Waals surface area contributed by atoms with Crippen LogP contribution in [0.5, 0.6) is 0 Å². The van der Waals surface area contributed by atoms with Crippen LogP contribution in [0.15, 0.2) is 24.3 Å². The second-order valence-electron chi connectivity index (χ2n) is 7.07. The Morgan fingerprint density at radius 2 is 1.80 bits per heavy atom. The third kappa shape index (κ3) is 5.10. The fraction of sp³-hybridized carbons (Fsp3) is 0.471. The van der Waals surface area contributed by atoms with E-state index in [2.05, 4.69) is 26.0 Å². The minimum absolute atomic E-state index is 0.0591. The molecular weight excluding hydrogens is 320 g/mol. The summed E-state index contributed by atoms with van der Waals surface area (Å²) in [5.41, 5.74) is 0.968. The maximum atomic E-state index is 11.9. The average molecular weight is 344 g/mol. The summed E-state index contributed by atoms with van der Waals surface area (Å²) in [6.45, 7) is 9.77. The number of amides is 2. The SMILES string of the molecule is CC(C)C(=O)c1ccc(NC(=O)NCc2nnn(C(C)(C)C)n2)cc1. The molecule has 25 heavy (non-hydrogen) atoms. The van der Waals surface area contributed by atoms with Crippen LogP contribution in [0.1, 0.15) is 50.8 Å². The van der Waals surface area contributed by atoms with Crippen molar-refractivity contribution in [2.45, 2.75) is 46.7 Å². The number of urea groups is 1. The molecule has 1 aromatic carbocycles.